The van der Waals surface area contributed by atoms with E-state index < -0.39 is 11.5 Å². The van der Waals surface area contributed by atoms with E-state index in [1.165, 1.54) is 20.8 Å². The summed E-state index contributed by atoms with van der Waals surface area (Å²) >= 11 is 1.59. The van der Waals surface area contributed by atoms with Crippen LogP contribution in [0.1, 0.15) is 27.7 Å². The molecule has 0 bridgehead atoms. The molecule has 21 heavy (non-hydrogen) atoms. The molecule has 0 saturated carbocycles. The van der Waals surface area contributed by atoms with E-state index in [-0.39, 0.29) is 12.5 Å². The summed E-state index contributed by atoms with van der Waals surface area (Å²) in [6, 6.07) is 7.68. The van der Waals surface area contributed by atoms with Crippen LogP contribution in [0.4, 0.5) is 8.78 Å². The van der Waals surface area contributed by atoms with Crippen LogP contribution in [-0.2, 0) is 4.74 Å². The number of para-hydroxylation sites is 1. The number of alkyl halides is 2. The molecule has 0 spiro atoms. The summed E-state index contributed by atoms with van der Waals surface area (Å²) in [4.78, 5) is 1.01. The highest BCUT2D eigenvalue weighted by atomic mass is 32.2. The molecule has 0 radical (unpaired) electrons. The van der Waals surface area contributed by atoms with Crippen molar-refractivity contribution in [3.63, 3.8) is 0 Å². The van der Waals surface area contributed by atoms with Crippen molar-refractivity contribution >= 4 is 11.8 Å². The molecule has 0 saturated heterocycles. The molecule has 2 nitrogen and oxygen atoms in total. The van der Waals surface area contributed by atoms with Crippen molar-refractivity contribution in [2.24, 2.45) is 11.3 Å². The number of hydrogen-bond donors (Lipinski definition) is 0. The quantitative estimate of drug-likeness (QED) is 0.653. The fourth-order valence-corrected chi connectivity index (χ4v) is 2.51. The SMILES string of the molecule is COc1ccccc1SCC(C)COC(F)(F)C(C)(C)C. The van der Waals surface area contributed by atoms with Crippen molar-refractivity contribution < 1.29 is 18.3 Å². The zero-order valence-electron chi connectivity index (χ0n) is 13.3. The van der Waals surface area contributed by atoms with E-state index in [4.69, 9.17) is 9.47 Å². The molecule has 0 aromatic heterocycles. The molecule has 0 aliphatic rings. The predicted octanol–water partition coefficient (Wildman–Crippen LogP) is 5.08. The van der Waals surface area contributed by atoms with Crippen LogP contribution in [0.2, 0.25) is 0 Å². The minimum absolute atomic E-state index is 0.0214. The van der Waals surface area contributed by atoms with E-state index in [1.807, 2.05) is 31.2 Å². The van der Waals surface area contributed by atoms with Crippen molar-refractivity contribution in [1.82, 2.24) is 0 Å². The number of rotatable bonds is 7. The van der Waals surface area contributed by atoms with E-state index in [0.29, 0.717) is 5.75 Å². The molecule has 1 atom stereocenters. The topological polar surface area (TPSA) is 18.5 Å². The number of ether oxygens (including phenoxy) is 2. The lowest BCUT2D eigenvalue weighted by Crippen LogP contribution is -2.38. The van der Waals surface area contributed by atoms with Gasteiger partial charge in [0.15, 0.2) is 0 Å². The van der Waals surface area contributed by atoms with E-state index in [2.05, 4.69) is 0 Å². The van der Waals surface area contributed by atoms with Gasteiger partial charge >= 0.3 is 6.11 Å². The van der Waals surface area contributed by atoms with Gasteiger partial charge in [-0.2, -0.15) is 8.78 Å². The van der Waals surface area contributed by atoms with Gasteiger partial charge in [0.05, 0.1) is 19.1 Å². The molecule has 0 aliphatic carbocycles. The van der Waals surface area contributed by atoms with Gasteiger partial charge < -0.3 is 9.47 Å². The van der Waals surface area contributed by atoms with Crippen molar-refractivity contribution in [3.8, 4) is 5.75 Å². The van der Waals surface area contributed by atoms with Crippen LogP contribution in [0.15, 0.2) is 29.2 Å². The molecular formula is C16H24F2O2S. The van der Waals surface area contributed by atoms with Gasteiger partial charge in [-0.15, -0.1) is 11.8 Å². The molecular weight excluding hydrogens is 294 g/mol. The maximum absolute atomic E-state index is 13.7. The molecule has 0 aliphatic heterocycles. The summed E-state index contributed by atoms with van der Waals surface area (Å²) in [5.41, 5.74) is -1.19. The van der Waals surface area contributed by atoms with Crippen molar-refractivity contribution in [2.45, 2.75) is 38.7 Å². The minimum Gasteiger partial charge on any atom is -0.496 e. The van der Waals surface area contributed by atoms with Crippen LogP contribution in [0, 0.1) is 11.3 Å². The Labute approximate surface area is 130 Å². The first kappa shape index (κ1) is 18.2. The Morgan fingerprint density at radius 3 is 2.38 bits per heavy atom. The molecule has 0 amide bonds. The number of methoxy groups -OCH3 is 1. The van der Waals surface area contributed by atoms with Gasteiger partial charge in [-0.25, -0.2) is 0 Å². The average Bonchev–Trinajstić information content (AvgIpc) is 2.42. The highest BCUT2D eigenvalue weighted by molar-refractivity contribution is 7.99. The van der Waals surface area contributed by atoms with Crippen LogP contribution >= 0.6 is 11.8 Å². The van der Waals surface area contributed by atoms with Gasteiger partial charge in [-0.1, -0.05) is 39.8 Å². The lowest BCUT2D eigenvalue weighted by molar-refractivity contribution is -0.298. The molecule has 1 aromatic rings. The van der Waals surface area contributed by atoms with Gasteiger partial charge in [-0.3, -0.25) is 0 Å². The molecule has 0 heterocycles. The number of thioether (sulfide) groups is 1. The van der Waals surface area contributed by atoms with Gasteiger partial charge in [0.2, 0.25) is 0 Å². The Hall–Kier alpha value is -0.810. The summed E-state index contributed by atoms with van der Waals surface area (Å²) in [5, 5.41) is 0. The summed E-state index contributed by atoms with van der Waals surface area (Å²) in [5.74, 6) is 1.52. The Bertz CT molecular complexity index is 444. The number of hydrogen-bond acceptors (Lipinski definition) is 3. The second-order valence-corrected chi connectivity index (χ2v) is 7.21. The van der Waals surface area contributed by atoms with Gasteiger partial charge in [0.1, 0.15) is 5.75 Å². The third-order valence-electron chi connectivity index (χ3n) is 3.01. The van der Waals surface area contributed by atoms with Crippen LogP contribution in [0.3, 0.4) is 0 Å². The smallest absolute Gasteiger partial charge is 0.360 e. The first-order valence-electron chi connectivity index (χ1n) is 6.95. The monoisotopic (exact) mass is 318 g/mol. The highest BCUT2D eigenvalue weighted by Gasteiger charge is 2.44. The minimum atomic E-state index is -3.11. The average molecular weight is 318 g/mol. The van der Waals surface area contributed by atoms with E-state index in [1.54, 1.807) is 18.9 Å². The Morgan fingerprint density at radius 1 is 1.19 bits per heavy atom. The second kappa shape index (κ2) is 7.45. The van der Waals surface area contributed by atoms with Crippen LogP contribution in [0.5, 0.6) is 5.75 Å². The van der Waals surface area contributed by atoms with E-state index in [0.717, 1.165) is 10.6 Å². The Morgan fingerprint density at radius 2 is 1.81 bits per heavy atom. The van der Waals surface area contributed by atoms with Gasteiger partial charge in [-0.05, 0) is 18.1 Å². The number of halogens is 2. The van der Waals surface area contributed by atoms with Gasteiger partial charge in [0.25, 0.3) is 0 Å². The molecule has 0 N–H and O–H groups in total. The van der Waals surface area contributed by atoms with Crippen molar-refractivity contribution in [2.75, 3.05) is 19.5 Å². The van der Waals surface area contributed by atoms with Crippen LogP contribution in [0.25, 0.3) is 0 Å². The summed E-state index contributed by atoms with van der Waals surface area (Å²) in [7, 11) is 1.62. The van der Waals surface area contributed by atoms with E-state index >= 15 is 0 Å². The number of benzene rings is 1. The maximum atomic E-state index is 13.7. The fourth-order valence-electron chi connectivity index (χ4n) is 1.48. The molecule has 5 heteroatoms. The Balaban J connectivity index is 2.46. The standard InChI is InChI=1S/C16H24F2O2S/c1-12(10-20-16(17,18)15(2,3)4)11-21-14-9-7-6-8-13(14)19-5/h6-9,12H,10-11H2,1-5H3. The third kappa shape index (κ3) is 5.47. The molecule has 0 fully saturated rings. The lowest BCUT2D eigenvalue weighted by Gasteiger charge is -2.30. The molecule has 1 aromatic carbocycles. The van der Waals surface area contributed by atoms with Crippen molar-refractivity contribution in [3.05, 3.63) is 24.3 Å². The summed E-state index contributed by atoms with van der Waals surface area (Å²) < 4.78 is 37.5. The largest absolute Gasteiger partial charge is 0.496 e. The molecule has 1 rings (SSSR count). The van der Waals surface area contributed by atoms with E-state index in [9.17, 15) is 8.78 Å². The zero-order valence-corrected chi connectivity index (χ0v) is 14.1. The normalized spacial score (nSPS) is 14.0. The Kier molecular flexibility index (Phi) is 6.47. The zero-order chi connectivity index (χ0) is 16.1. The molecule has 120 valence electrons. The highest BCUT2D eigenvalue weighted by Crippen LogP contribution is 2.37. The fraction of sp³-hybridized carbons (Fsp3) is 0.625. The molecule has 1 unspecified atom stereocenters. The van der Waals surface area contributed by atoms with Crippen LogP contribution < -0.4 is 4.74 Å². The van der Waals surface area contributed by atoms with Crippen molar-refractivity contribution in [1.29, 1.82) is 0 Å². The van der Waals surface area contributed by atoms with Crippen LogP contribution in [-0.4, -0.2) is 25.6 Å². The lowest BCUT2D eigenvalue weighted by atomic mass is 9.95. The summed E-state index contributed by atoms with van der Waals surface area (Å²) in [6.07, 6.45) is -3.11. The van der Waals surface area contributed by atoms with Gasteiger partial charge in [0, 0.05) is 10.6 Å². The first-order valence-corrected chi connectivity index (χ1v) is 7.93. The summed E-state index contributed by atoms with van der Waals surface area (Å²) in [6.45, 7) is 6.36. The second-order valence-electron chi connectivity index (χ2n) is 6.14. The maximum Gasteiger partial charge on any atom is 0.360 e. The first-order chi connectivity index (χ1) is 9.67. The predicted molar refractivity (Wildman–Crippen MR) is 83.2 cm³/mol. The third-order valence-corrected chi connectivity index (χ3v) is 4.40.